The van der Waals surface area contributed by atoms with Crippen molar-refractivity contribution in [2.45, 2.75) is 24.8 Å². The quantitative estimate of drug-likeness (QED) is 0.834. The van der Waals surface area contributed by atoms with Crippen LogP contribution in [0.4, 0.5) is 0 Å². The van der Waals surface area contributed by atoms with Gasteiger partial charge in [0.2, 0.25) is 10.0 Å². The summed E-state index contributed by atoms with van der Waals surface area (Å²) in [4.78, 5) is 11.0. The van der Waals surface area contributed by atoms with Crippen molar-refractivity contribution in [3.63, 3.8) is 0 Å². The van der Waals surface area contributed by atoms with E-state index in [2.05, 4.69) is 20.7 Å². The van der Waals surface area contributed by atoms with Crippen molar-refractivity contribution in [1.29, 1.82) is 0 Å². The highest BCUT2D eigenvalue weighted by atomic mass is 79.9. The van der Waals surface area contributed by atoms with Gasteiger partial charge in [-0.2, -0.15) is 4.72 Å². The first-order valence-electron chi connectivity index (χ1n) is 5.35. The highest BCUT2D eigenvalue weighted by Crippen LogP contribution is 2.25. The van der Waals surface area contributed by atoms with Crippen LogP contribution < -0.4 is 4.72 Å². The summed E-state index contributed by atoms with van der Waals surface area (Å²) in [6.07, 6.45) is 0. The lowest BCUT2D eigenvalue weighted by atomic mass is 10.1. The number of halogens is 2. The van der Waals surface area contributed by atoms with Crippen LogP contribution in [0.2, 0.25) is 5.02 Å². The molecule has 1 aromatic carbocycles. The minimum absolute atomic E-state index is 0.0457. The molecule has 0 aliphatic rings. The van der Waals surface area contributed by atoms with Crippen molar-refractivity contribution in [2.24, 2.45) is 5.92 Å². The molecule has 0 bridgehead atoms. The Kier molecular flexibility index (Phi) is 5.37. The van der Waals surface area contributed by atoms with Crippen molar-refractivity contribution < 1.29 is 18.3 Å². The predicted octanol–water partition coefficient (Wildman–Crippen LogP) is 2.49. The highest BCUT2D eigenvalue weighted by molar-refractivity contribution is 9.10. The molecule has 0 aliphatic heterocycles. The molecular formula is C11H13BrClNO4S. The fourth-order valence-electron chi connectivity index (χ4n) is 1.35. The third-order valence-corrected chi connectivity index (χ3v) is 5.07. The van der Waals surface area contributed by atoms with Crippen LogP contribution in [0.5, 0.6) is 0 Å². The van der Waals surface area contributed by atoms with E-state index in [1.807, 2.05) is 0 Å². The molecular weight excluding hydrogens is 358 g/mol. The lowest BCUT2D eigenvalue weighted by molar-refractivity contribution is -0.140. The van der Waals surface area contributed by atoms with Gasteiger partial charge in [-0.05, 0) is 40.0 Å². The smallest absolute Gasteiger partial charge is 0.322 e. The minimum atomic E-state index is -3.91. The standard InChI is InChI=1S/C11H13BrClNO4S/c1-6(2)10(11(15)16)14-19(17,18)7-3-4-9(13)8(12)5-7/h3-6,10,14H,1-2H3,(H,15,16). The molecule has 8 heteroatoms. The number of carbonyl (C=O) groups is 1. The Bertz CT molecular complexity index is 588. The Morgan fingerprint density at radius 3 is 2.42 bits per heavy atom. The lowest BCUT2D eigenvalue weighted by Crippen LogP contribution is -2.44. The van der Waals surface area contributed by atoms with Gasteiger partial charge in [-0.3, -0.25) is 4.79 Å². The van der Waals surface area contributed by atoms with Gasteiger partial charge in [0.1, 0.15) is 6.04 Å². The van der Waals surface area contributed by atoms with Gasteiger partial charge in [0.05, 0.1) is 9.92 Å². The maximum Gasteiger partial charge on any atom is 0.322 e. The number of carboxylic acids is 1. The molecule has 0 fully saturated rings. The summed E-state index contributed by atoms with van der Waals surface area (Å²) in [5.74, 6) is -1.59. The third kappa shape index (κ3) is 4.17. The molecule has 0 radical (unpaired) electrons. The van der Waals surface area contributed by atoms with Crippen LogP contribution in [0.1, 0.15) is 13.8 Å². The van der Waals surface area contributed by atoms with Crippen LogP contribution in [0.25, 0.3) is 0 Å². The van der Waals surface area contributed by atoms with Crippen LogP contribution >= 0.6 is 27.5 Å². The second-order valence-electron chi connectivity index (χ2n) is 4.26. The number of aliphatic carboxylic acids is 1. The zero-order chi connectivity index (χ0) is 14.8. The molecule has 2 N–H and O–H groups in total. The van der Waals surface area contributed by atoms with Crippen LogP contribution in [-0.2, 0) is 14.8 Å². The molecule has 1 rings (SSSR count). The molecule has 1 atom stereocenters. The average molecular weight is 371 g/mol. The summed E-state index contributed by atoms with van der Waals surface area (Å²) in [5, 5.41) is 9.37. The van der Waals surface area contributed by atoms with Crippen LogP contribution in [-0.4, -0.2) is 25.5 Å². The zero-order valence-corrected chi connectivity index (χ0v) is 13.4. The van der Waals surface area contributed by atoms with Crippen LogP contribution in [0.15, 0.2) is 27.6 Å². The molecule has 5 nitrogen and oxygen atoms in total. The molecule has 19 heavy (non-hydrogen) atoms. The Morgan fingerprint density at radius 1 is 1.42 bits per heavy atom. The van der Waals surface area contributed by atoms with E-state index in [1.54, 1.807) is 13.8 Å². The van der Waals surface area contributed by atoms with Gasteiger partial charge in [-0.1, -0.05) is 25.4 Å². The maximum absolute atomic E-state index is 12.1. The fourth-order valence-corrected chi connectivity index (χ4v) is 3.36. The van der Waals surface area contributed by atoms with Gasteiger partial charge < -0.3 is 5.11 Å². The second kappa shape index (κ2) is 6.21. The van der Waals surface area contributed by atoms with E-state index in [1.165, 1.54) is 18.2 Å². The van der Waals surface area contributed by atoms with E-state index < -0.39 is 22.0 Å². The Hall–Kier alpha value is -0.630. The van der Waals surface area contributed by atoms with Gasteiger partial charge in [0, 0.05) is 4.47 Å². The summed E-state index contributed by atoms with van der Waals surface area (Å²) in [6, 6.07) is 2.88. The summed E-state index contributed by atoms with van der Waals surface area (Å²) in [6.45, 7) is 3.25. The van der Waals surface area contributed by atoms with Gasteiger partial charge in [-0.25, -0.2) is 8.42 Å². The molecule has 0 heterocycles. The van der Waals surface area contributed by atoms with E-state index in [0.29, 0.717) is 9.50 Å². The van der Waals surface area contributed by atoms with Crippen molar-refractivity contribution in [1.82, 2.24) is 4.72 Å². The Labute approximate surface area is 125 Å². The number of hydrogen-bond acceptors (Lipinski definition) is 3. The van der Waals surface area contributed by atoms with E-state index >= 15 is 0 Å². The number of nitrogens with one attached hydrogen (secondary N) is 1. The van der Waals surface area contributed by atoms with Crippen LogP contribution in [0, 0.1) is 5.92 Å². The highest BCUT2D eigenvalue weighted by Gasteiger charge is 2.28. The van der Waals surface area contributed by atoms with Gasteiger partial charge in [0.15, 0.2) is 0 Å². The van der Waals surface area contributed by atoms with Crippen molar-refractivity contribution in [3.8, 4) is 0 Å². The molecule has 0 aromatic heterocycles. The SMILES string of the molecule is CC(C)C(NS(=O)(=O)c1ccc(Cl)c(Br)c1)C(=O)O. The minimum Gasteiger partial charge on any atom is -0.480 e. The molecule has 0 amide bonds. The van der Waals surface area contributed by atoms with Crippen molar-refractivity contribution in [2.75, 3.05) is 0 Å². The predicted molar refractivity (Wildman–Crippen MR) is 75.7 cm³/mol. The van der Waals surface area contributed by atoms with E-state index in [0.717, 1.165) is 0 Å². The van der Waals surface area contributed by atoms with E-state index in [9.17, 15) is 13.2 Å². The molecule has 0 saturated heterocycles. The molecule has 106 valence electrons. The normalized spacial score (nSPS) is 13.5. The Morgan fingerprint density at radius 2 is 2.00 bits per heavy atom. The average Bonchev–Trinajstić information content (AvgIpc) is 2.28. The van der Waals surface area contributed by atoms with Gasteiger partial charge in [0.25, 0.3) is 0 Å². The van der Waals surface area contributed by atoms with Crippen molar-refractivity contribution in [3.05, 3.63) is 27.7 Å². The molecule has 1 aromatic rings. The van der Waals surface area contributed by atoms with E-state index in [-0.39, 0.29) is 10.8 Å². The first kappa shape index (κ1) is 16.4. The molecule has 0 aliphatic carbocycles. The van der Waals surface area contributed by atoms with Gasteiger partial charge >= 0.3 is 5.97 Å². The number of hydrogen-bond donors (Lipinski definition) is 2. The van der Waals surface area contributed by atoms with Gasteiger partial charge in [-0.15, -0.1) is 0 Å². The number of sulfonamides is 1. The monoisotopic (exact) mass is 369 g/mol. The lowest BCUT2D eigenvalue weighted by Gasteiger charge is -2.18. The third-order valence-electron chi connectivity index (χ3n) is 2.42. The summed E-state index contributed by atoms with van der Waals surface area (Å²) < 4.78 is 26.7. The number of carboxylic acid groups (broad SMARTS) is 1. The topological polar surface area (TPSA) is 83.5 Å². The zero-order valence-electron chi connectivity index (χ0n) is 10.2. The Balaban J connectivity index is 3.10. The summed E-state index contributed by atoms with van der Waals surface area (Å²) in [5.41, 5.74) is 0. The van der Waals surface area contributed by atoms with Crippen molar-refractivity contribution >= 4 is 43.5 Å². The fraction of sp³-hybridized carbons (Fsp3) is 0.364. The summed E-state index contributed by atoms with van der Waals surface area (Å²) >= 11 is 8.90. The van der Waals surface area contributed by atoms with Crippen LogP contribution in [0.3, 0.4) is 0 Å². The molecule has 0 saturated carbocycles. The first-order valence-corrected chi connectivity index (χ1v) is 8.00. The summed E-state index contributed by atoms with van der Waals surface area (Å²) in [7, 11) is -3.91. The second-order valence-corrected chi connectivity index (χ2v) is 7.23. The maximum atomic E-state index is 12.1. The molecule has 1 unspecified atom stereocenters. The van der Waals surface area contributed by atoms with E-state index in [4.69, 9.17) is 16.7 Å². The number of benzene rings is 1. The first-order chi connectivity index (χ1) is 8.65. The largest absolute Gasteiger partial charge is 0.480 e. The number of rotatable bonds is 5. The molecule has 0 spiro atoms.